The lowest BCUT2D eigenvalue weighted by Crippen LogP contribution is -2.10. The van der Waals surface area contributed by atoms with Crippen molar-refractivity contribution in [3.05, 3.63) is 307 Å². The van der Waals surface area contributed by atoms with Gasteiger partial charge in [-0.25, -0.2) is 0 Å². The molecule has 15 rings (SSSR count). The highest BCUT2D eigenvalue weighted by molar-refractivity contribution is 5.16. The van der Waals surface area contributed by atoms with Gasteiger partial charge in [-0.3, -0.25) is 44.9 Å². The first-order chi connectivity index (χ1) is 61.5. The number of aromatic nitrogens is 9. The smallest absolute Gasteiger partial charge is 0.0403 e. The van der Waals surface area contributed by atoms with Crippen LogP contribution in [0.2, 0.25) is 0 Å². The van der Waals surface area contributed by atoms with Crippen LogP contribution in [0.25, 0.3) is 0 Å². The number of pyridine rings is 9. The molecule has 9 aromatic heterocycles. The van der Waals surface area contributed by atoms with Crippen molar-refractivity contribution in [3.63, 3.8) is 0 Å². The van der Waals surface area contributed by atoms with Gasteiger partial charge >= 0.3 is 0 Å². The number of aryl methyl sites for hydroxylation is 10. The number of rotatable bonds is 42. The summed E-state index contributed by atoms with van der Waals surface area (Å²) in [4.78, 5) is 38.9. The van der Waals surface area contributed by atoms with Gasteiger partial charge in [0.25, 0.3) is 0 Å². The van der Waals surface area contributed by atoms with Crippen molar-refractivity contribution < 1.29 is 0 Å². The first-order valence-corrected chi connectivity index (χ1v) is 50.6. The molecule has 5 fully saturated rings. The Bertz CT molecular complexity index is 3840. The van der Waals surface area contributed by atoms with Gasteiger partial charge in [0.1, 0.15) is 0 Å². The van der Waals surface area contributed by atoms with Crippen LogP contribution in [0.4, 0.5) is 0 Å². The summed E-state index contributed by atoms with van der Waals surface area (Å²) in [6, 6.07) is 66.1. The predicted octanol–water partition coefficient (Wildman–Crippen LogP) is 32.0. The average molecular weight is 1680 g/mol. The lowest BCUT2D eigenvalue weighted by molar-refractivity contribution is 0.290. The lowest BCUT2D eigenvalue weighted by atomic mass is 9.82. The van der Waals surface area contributed by atoms with E-state index in [-0.39, 0.29) is 0 Å². The zero-order valence-electron chi connectivity index (χ0n) is 78.2. The minimum atomic E-state index is 1.01. The Kier molecular flexibility index (Phi) is 60.2. The summed E-state index contributed by atoms with van der Waals surface area (Å²) in [6.07, 6.45) is 92.8. The van der Waals surface area contributed by atoms with E-state index < -0.39 is 0 Å². The SMILES string of the molecule is CCCCCCCCc1ccccn1.CCCCCCCc1ccccn1.CCCCCCc1ccccn1.c1ccc(CCCC2CC2)nc1.c1ccc(CCCC2CCC2)nc1.c1ccc(CCCC2CCCC2)nc1.c1ccc(CCCC2CCCCC2)nc1.c1ccc(CCCC2CCCCCC2)nc1.c1ccc(CCCc2ccccn2)cc1. The molecule has 0 N–H and O–H groups in total. The van der Waals surface area contributed by atoms with E-state index in [1.807, 2.05) is 116 Å². The number of hydrogen-bond donors (Lipinski definition) is 0. The van der Waals surface area contributed by atoms with Crippen molar-refractivity contribution in [3.8, 4) is 0 Å². The molecule has 672 valence electrons. The fourth-order valence-electron chi connectivity index (χ4n) is 17.2. The van der Waals surface area contributed by atoms with Crippen LogP contribution in [0.1, 0.15) is 373 Å². The number of benzene rings is 1. The van der Waals surface area contributed by atoms with E-state index in [2.05, 4.69) is 199 Å². The highest BCUT2D eigenvalue weighted by Gasteiger charge is 2.21. The molecule has 5 saturated carbocycles. The van der Waals surface area contributed by atoms with Gasteiger partial charge in [-0.2, -0.15) is 0 Å². The first kappa shape index (κ1) is 103. The van der Waals surface area contributed by atoms with Crippen LogP contribution in [-0.4, -0.2) is 44.9 Å². The molecule has 1 aromatic carbocycles. The van der Waals surface area contributed by atoms with Crippen LogP contribution in [-0.2, 0) is 64.2 Å². The maximum absolute atomic E-state index is 4.38. The van der Waals surface area contributed by atoms with Crippen molar-refractivity contribution in [1.29, 1.82) is 0 Å². The maximum atomic E-state index is 4.38. The predicted molar refractivity (Wildman–Crippen MR) is 528 cm³/mol. The Balaban J connectivity index is 0.000000192. The van der Waals surface area contributed by atoms with Gasteiger partial charge < -0.3 is 0 Å². The highest BCUT2D eigenvalue weighted by Crippen LogP contribution is 2.35. The first-order valence-electron chi connectivity index (χ1n) is 50.6. The van der Waals surface area contributed by atoms with E-state index in [4.69, 9.17) is 0 Å². The van der Waals surface area contributed by atoms with Gasteiger partial charge in [0, 0.05) is 107 Å². The Hall–Kier alpha value is -8.43. The molecule has 10 aromatic rings. The molecule has 0 atom stereocenters. The van der Waals surface area contributed by atoms with Crippen LogP contribution in [0, 0.1) is 29.6 Å². The van der Waals surface area contributed by atoms with Gasteiger partial charge in [0.05, 0.1) is 0 Å². The molecule has 0 amide bonds. The van der Waals surface area contributed by atoms with Crippen LogP contribution in [0.5, 0.6) is 0 Å². The van der Waals surface area contributed by atoms with Crippen molar-refractivity contribution >= 4 is 0 Å². The maximum Gasteiger partial charge on any atom is 0.0403 e. The van der Waals surface area contributed by atoms with Gasteiger partial charge in [-0.15, -0.1) is 0 Å². The molecule has 0 bridgehead atoms. The summed E-state index contributed by atoms with van der Waals surface area (Å²) in [6.45, 7) is 6.74. The second-order valence-electron chi connectivity index (χ2n) is 35.9. The summed E-state index contributed by atoms with van der Waals surface area (Å²) in [5.74, 6) is 5.16. The molecule has 5 aliphatic carbocycles. The number of unbranched alkanes of at least 4 members (excludes halogenated alkanes) is 12. The Morgan fingerprint density at radius 2 is 0.363 bits per heavy atom. The van der Waals surface area contributed by atoms with Gasteiger partial charge in [-0.05, 0) is 266 Å². The minimum Gasteiger partial charge on any atom is -0.261 e. The van der Waals surface area contributed by atoms with Gasteiger partial charge in [0.15, 0.2) is 0 Å². The molecular formula is C115H167N9. The Morgan fingerprint density at radius 1 is 0.169 bits per heavy atom. The fraction of sp³-hybridized carbons (Fsp3) is 0.557. The van der Waals surface area contributed by atoms with E-state index >= 15 is 0 Å². The standard InChI is InChI=1S/C15H23N.C14H21N.C14H15N.C13H19N.C13H21N.C12H17N.C12H19N.C11H15N.C11H17N/c1-2-4-9-14(8-3-1)10-7-12-15-11-5-6-13-16-15;2*1-2-7-13(8-3-1)9-6-11-14-10-4-5-12-15-14;1-2-7-12(6-1)8-5-10-13-9-3-4-11-14-13;1-2-3-4-5-6-7-10-13-11-8-9-12-14-13;1-2-10-13-12(8-1)9-4-7-11-5-3-6-11;1-2-3-4-5-6-9-12-10-7-8-11-13-12;1-2-9-12-11(5-1)6-3-4-10-7-8-10;1-2-3-4-5-8-11-9-6-7-10-12-11/h5-6,11,13-14H,1-4,7-10,12H2;4-5,10,12-13H,1-3,6-9,11H2;1-5,7-8,10,12H,6,9,11H2;3-4,9,11-12H,1-2,5-8,10H2;8-9,11-12H,2-7,10H2,1H3;1-2,8,10-11H,3-7,9H2;7-8,10-11H,2-6,9H2,1H3;1-2,5,9-10H,3-4,6-8H2;6-7,9-10H,2-5,8H2,1H3. The molecule has 9 heterocycles. The molecule has 124 heavy (non-hydrogen) atoms. The van der Waals surface area contributed by atoms with Gasteiger partial charge in [0.2, 0.25) is 0 Å². The molecule has 0 saturated heterocycles. The lowest BCUT2D eigenvalue weighted by Gasteiger charge is -2.24. The third kappa shape index (κ3) is 55.1. The summed E-state index contributed by atoms with van der Waals surface area (Å²) in [5.41, 5.74) is 12.6. The number of hydrogen-bond acceptors (Lipinski definition) is 9. The second kappa shape index (κ2) is 72.7. The van der Waals surface area contributed by atoms with Crippen molar-refractivity contribution in [2.75, 3.05) is 0 Å². The van der Waals surface area contributed by atoms with Crippen molar-refractivity contribution in [2.45, 2.75) is 380 Å². The third-order valence-electron chi connectivity index (χ3n) is 25.2. The quantitative estimate of drug-likeness (QED) is 0.0272. The van der Waals surface area contributed by atoms with E-state index in [0.29, 0.717) is 0 Å². The van der Waals surface area contributed by atoms with E-state index in [1.165, 1.54) is 352 Å². The monoisotopic (exact) mass is 1670 g/mol. The summed E-state index contributed by atoms with van der Waals surface area (Å²) < 4.78 is 0. The van der Waals surface area contributed by atoms with E-state index in [9.17, 15) is 0 Å². The van der Waals surface area contributed by atoms with Crippen LogP contribution in [0.15, 0.2) is 250 Å². The molecule has 9 heteroatoms. The highest BCUT2D eigenvalue weighted by atomic mass is 14.7. The average Bonchev–Trinajstić information content (AvgIpc) is 1.54. The van der Waals surface area contributed by atoms with Gasteiger partial charge in [-0.1, -0.05) is 343 Å². The molecule has 5 aliphatic rings. The van der Waals surface area contributed by atoms with Crippen molar-refractivity contribution in [2.24, 2.45) is 29.6 Å². The Morgan fingerprint density at radius 3 is 0.589 bits per heavy atom. The van der Waals surface area contributed by atoms with Crippen molar-refractivity contribution in [1.82, 2.24) is 44.9 Å². The topological polar surface area (TPSA) is 116 Å². The van der Waals surface area contributed by atoms with Crippen LogP contribution < -0.4 is 0 Å². The fourth-order valence-corrected chi connectivity index (χ4v) is 17.2. The largest absolute Gasteiger partial charge is 0.261 e. The molecule has 0 spiro atoms. The second-order valence-corrected chi connectivity index (χ2v) is 35.9. The Labute approximate surface area is 756 Å². The third-order valence-corrected chi connectivity index (χ3v) is 25.2. The van der Waals surface area contributed by atoms with E-state index in [0.717, 1.165) is 93.8 Å². The summed E-state index contributed by atoms with van der Waals surface area (Å²) >= 11 is 0. The number of nitrogens with zero attached hydrogens (tertiary/aromatic N) is 9. The molecule has 9 nitrogen and oxygen atoms in total. The van der Waals surface area contributed by atoms with E-state index in [1.54, 1.807) is 0 Å². The zero-order chi connectivity index (χ0) is 86.6. The minimum absolute atomic E-state index is 1.01. The summed E-state index contributed by atoms with van der Waals surface area (Å²) in [5, 5.41) is 0. The molecule has 0 aliphatic heterocycles. The summed E-state index contributed by atoms with van der Waals surface area (Å²) in [7, 11) is 0. The van der Waals surface area contributed by atoms with Crippen LogP contribution in [0.3, 0.4) is 0 Å². The molecule has 0 radical (unpaired) electrons. The molecule has 0 unspecified atom stereocenters. The normalized spacial score (nSPS) is 14.3. The van der Waals surface area contributed by atoms with Crippen LogP contribution >= 0.6 is 0 Å². The zero-order valence-corrected chi connectivity index (χ0v) is 78.2. The molecular weight excluding hydrogens is 1510 g/mol.